The molecule has 0 aromatic heterocycles. The molecule has 0 bridgehead atoms. The highest BCUT2D eigenvalue weighted by Crippen LogP contribution is 2.15. The molecule has 1 aromatic carbocycles. The Morgan fingerprint density at radius 2 is 1.95 bits per heavy atom. The van der Waals surface area contributed by atoms with Crippen LogP contribution in [0.3, 0.4) is 0 Å². The van der Waals surface area contributed by atoms with Gasteiger partial charge in [-0.05, 0) is 24.5 Å². The zero-order valence-corrected chi connectivity index (χ0v) is 12.0. The number of hydrogen-bond acceptors (Lipinski definition) is 2. The van der Waals surface area contributed by atoms with Gasteiger partial charge in [-0.2, -0.15) is 5.26 Å². The molecule has 0 saturated carbocycles. The lowest BCUT2D eigenvalue weighted by molar-refractivity contribution is 0.0680. The van der Waals surface area contributed by atoms with Crippen molar-refractivity contribution < 1.29 is 4.79 Å². The second-order valence-electron chi connectivity index (χ2n) is 5.04. The van der Waals surface area contributed by atoms with E-state index in [4.69, 9.17) is 0 Å². The Morgan fingerprint density at radius 3 is 2.42 bits per heavy atom. The van der Waals surface area contributed by atoms with Gasteiger partial charge in [0.2, 0.25) is 0 Å². The minimum Gasteiger partial charge on any atom is -0.322 e. The van der Waals surface area contributed by atoms with Crippen LogP contribution in [0.4, 0.5) is 0 Å². The summed E-state index contributed by atoms with van der Waals surface area (Å²) < 4.78 is 0. The average Bonchev–Trinajstić information content (AvgIpc) is 2.43. The van der Waals surface area contributed by atoms with E-state index >= 15 is 0 Å². The van der Waals surface area contributed by atoms with E-state index in [1.54, 1.807) is 17.0 Å². The van der Waals surface area contributed by atoms with Gasteiger partial charge in [0.25, 0.3) is 5.91 Å². The highest BCUT2D eigenvalue weighted by molar-refractivity contribution is 5.94. The van der Waals surface area contributed by atoms with Crippen LogP contribution < -0.4 is 0 Å². The molecule has 0 aliphatic rings. The molecule has 1 atom stereocenters. The summed E-state index contributed by atoms with van der Waals surface area (Å²) in [5.74, 6) is 0.0869. The summed E-state index contributed by atoms with van der Waals surface area (Å²) in [4.78, 5) is 14.2. The van der Waals surface area contributed by atoms with Crippen LogP contribution in [0.5, 0.6) is 0 Å². The summed E-state index contributed by atoms with van der Waals surface area (Å²) >= 11 is 0. The Balaban J connectivity index is 2.97. The zero-order valence-electron chi connectivity index (χ0n) is 12.0. The smallest absolute Gasteiger partial charge is 0.254 e. The van der Waals surface area contributed by atoms with Gasteiger partial charge in [0.1, 0.15) is 6.04 Å². The van der Waals surface area contributed by atoms with Gasteiger partial charge >= 0.3 is 0 Å². The van der Waals surface area contributed by atoms with Crippen molar-refractivity contribution in [3.63, 3.8) is 0 Å². The monoisotopic (exact) mass is 258 g/mol. The van der Waals surface area contributed by atoms with Gasteiger partial charge in [-0.3, -0.25) is 4.79 Å². The largest absolute Gasteiger partial charge is 0.322 e. The fraction of sp³-hybridized carbons (Fsp3) is 0.500. The number of nitriles is 1. The standard InChI is InChI=1S/C16H22N2O/c1-4-5-11-18(15(12-17)13(2)3)16(19)14-9-7-6-8-10-14/h6-10,13,15H,4-5,11H2,1-3H3. The first-order chi connectivity index (χ1) is 9.11. The molecular weight excluding hydrogens is 236 g/mol. The van der Waals surface area contributed by atoms with E-state index in [0.29, 0.717) is 12.1 Å². The molecule has 19 heavy (non-hydrogen) atoms. The quantitative estimate of drug-likeness (QED) is 0.784. The summed E-state index contributed by atoms with van der Waals surface area (Å²) in [7, 11) is 0. The highest BCUT2D eigenvalue weighted by Gasteiger charge is 2.26. The van der Waals surface area contributed by atoms with Crippen molar-refractivity contribution in [1.82, 2.24) is 4.90 Å². The number of nitrogens with zero attached hydrogens (tertiary/aromatic N) is 2. The average molecular weight is 258 g/mol. The Labute approximate surface area is 115 Å². The predicted molar refractivity (Wildman–Crippen MR) is 76.6 cm³/mol. The molecule has 3 nitrogen and oxygen atoms in total. The Bertz CT molecular complexity index is 434. The van der Waals surface area contributed by atoms with E-state index in [0.717, 1.165) is 12.8 Å². The van der Waals surface area contributed by atoms with Crippen LogP contribution in [0.15, 0.2) is 30.3 Å². The SMILES string of the molecule is CCCCN(C(=O)c1ccccc1)C(C#N)C(C)C. The van der Waals surface area contributed by atoms with Crippen LogP contribution in [-0.4, -0.2) is 23.4 Å². The van der Waals surface area contributed by atoms with Crippen LogP contribution in [0.2, 0.25) is 0 Å². The molecule has 0 fully saturated rings. The van der Waals surface area contributed by atoms with Gasteiger partial charge in [0, 0.05) is 12.1 Å². The van der Waals surface area contributed by atoms with Crippen LogP contribution in [-0.2, 0) is 0 Å². The maximum Gasteiger partial charge on any atom is 0.254 e. The lowest BCUT2D eigenvalue weighted by Crippen LogP contribution is -2.43. The molecule has 1 rings (SSSR count). The van der Waals surface area contributed by atoms with E-state index in [9.17, 15) is 10.1 Å². The molecule has 0 aliphatic carbocycles. The Morgan fingerprint density at radius 1 is 1.32 bits per heavy atom. The van der Waals surface area contributed by atoms with Gasteiger partial charge in [-0.25, -0.2) is 0 Å². The molecule has 1 aromatic rings. The molecular formula is C16H22N2O. The van der Waals surface area contributed by atoms with E-state index in [1.807, 2.05) is 32.0 Å². The number of amides is 1. The number of carbonyl (C=O) groups excluding carboxylic acids is 1. The maximum absolute atomic E-state index is 12.5. The number of unbranched alkanes of at least 4 members (excludes halogenated alkanes) is 1. The molecule has 0 aliphatic heterocycles. The fourth-order valence-electron chi connectivity index (χ4n) is 2.02. The van der Waals surface area contributed by atoms with Gasteiger partial charge in [0.15, 0.2) is 0 Å². The van der Waals surface area contributed by atoms with Gasteiger partial charge in [0.05, 0.1) is 6.07 Å². The third-order valence-electron chi connectivity index (χ3n) is 3.13. The molecule has 1 unspecified atom stereocenters. The minimum absolute atomic E-state index is 0.0469. The topological polar surface area (TPSA) is 44.1 Å². The van der Waals surface area contributed by atoms with Crippen molar-refractivity contribution in [2.24, 2.45) is 5.92 Å². The molecule has 0 spiro atoms. The second-order valence-corrected chi connectivity index (χ2v) is 5.04. The fourth-order valence-corrected chi connectivity index (χ4v) is 2.02. The number of hydrogen-bond donors (Lipinski definition) is 0. The van der Waals surface area contributed by atoms with E-state index < -0.39 is 0 Å². The van der Waals surface area contributed by atoms with Crippen molar-refractivity contribution in [2.45, 2.75) is 39.7 Å². The van der Waals surface area contributed by atoms with Gasteiger partial charge < -0.3 is 4.90 Å². The molecule has 102 valence electrons. The maximum atomic E-state index is 12.5. The Hall–Kier alpha value is -1.82. The first kappa shape index (κ1) is 15.2. The molecule has 0 N–H and O–H groups in total. The zero-order chi connectivity index (χ0) is 14.3. The molecule has 3 heteroatoms. The van der Waals surface area contributed by atoms with E-state index in [2.05, 4.69) is 13.0 Å². The normalized spacial score (nSPS) is 11.9. The van der Waals surface area contributed by atoms with Gasteiger partial charge in [-0.1, -0.05) is 45.4 Å². The van der Waals surface area contributed by atoms with Gasteiger partial charge in [-0.15, -0.1) is 0 Å². The highest BCUT2D eigenvalue weighted by atomic mass is 16.2. The third-order valence-corrected chi connectivity index (χ3v) is 3.13. The predicted octanol–water partition coefficient (Wildman–Crippen LogP) is 3.48. The lowest BCUT2D eigenvalue weighted by atomic mass is 10.0. The number of carbonyl (C=O) groups is 1. The van der Waals surface area contributed by atoms with Crippen molar-refractivity contribution >= 4 is 5.91 Å². The third kappa shape index (κ3) is 4.10. The number of rotatable bonds is 6. The summed E-state index contributed by atoms with van der Waals surface area (Å²) in [6.45, 7) is 6.68. The minimum atomic E-state index is -0.362. The van der Waals surface area contributed by atoms with Crippen LogP contribution in [0.1, 0.15) is 44.0 Å². The van der Waals surface area contributed by atoms with Crippen LogP contribution in [0, 0.1) is 17.2 Å². The Kier molecular flexibility index (Phi) is 6.08. The molecule has 0 radical (unpaired) electrons. The first-order valence-corrected chi connectivity index (χ1v) is 6.87. The van der Waals surface area contributed by atoms with E-state index in [-0.39, 0.29) is 17.9 Å². The second kappa shape index (κ2) is 7.58. The summed E-state index contributed by atoms with van der Waals surface area (Å²) in [5.41, 5.74) is 0.652. The summed E-state index contributed by atoms with van der Waals surface area (Å²) in [6.07, 6.45) is 1.93. The van der Waals surface area contributed by atoms with Crippen molar-refractivity contribution in [2.75, 3.05) is 6.54 Å². The van der Waals surface area contributed by atoms with E-state index in [1.165, 1.54) is 0 Å². The van der Waals surface area contributed by atoms with Crippen LogP contribution in [0.25, 0.3) is 0 Å². The van der Waals surface area contributed by atoms with Crippen LogP contribution >= 0.6 is 0 Å². The van der Waals surface area contributed by atoms with Crippen molar-refractivity contribution in [1.29, 1.82) is 5.26 Å². The van der Waals surface area contributed by atoms with Crippen molar-refractivity contribution in [3.8, 4) is 6.07 Å². The molecule has 0 heterocycles. The molecule has 0 saturated heterocycles. The summed E-state index contributed by atoms with van der Waals surface area (Å²) in [5, 5.41) is 9.32. The molecule has 1 amide bonds. The summed E-state index contributed by atoms with van der Waals surface area (Å²) in [6, 6.07) is 11.1. The van der Waals surface area contributed by atoms with Crippen molar-refractivity contribution in [3.05, 3.63) is 35.9 Å². The lowest BCUT2D eigenvalue weighted by Gasteiger charge is -2.29. The number of benzene rings is 1. The first-order valence-electron chi connectivity index (χ1n) is 6.87.